The molecule has 0 saturated carbocycles. The molecule has 24 heavy (non-hydrogen) atoms. The lowest BCUT2D eigenvalue weighted by molar-refractivity contribution is 0.626. The summed E-state index contributed by atoms with van der Waals surface area (Å²) in [6.07, 6.45) is 0. The van der Waals surface area contributed by atoms with Crippen molar-refractivity contribution < 1.29 is 8.78 Å². The molecule has 0 fully saturated rings. The highest BCUT2D eigenvalue weighted by Crippen LogP contribution is 2.31. The summed E-state index contributed by atoms with van der Waals surface area (Å²) in [6, 6.07) is 15.0. The van der Waals surface area contributed by atoms with Crippen molar-refractivity contribution in [3.8, 4) is 10.7 Å². The van der Waals surface area contributed by atoms with Crippen LogP contribution < -0.4 is 0 Å². The Morgan fingerprint density at radius 1 is 0.958 bits per heavy atom. The van der Waals surface area contributed by atoms with Crippen LogP contribution in [0.5, 0.6) is 0 Å². The molecule has 0 bridgehead atoms. The Morgan fingerprint density at radius 2 is 1.71 bits per heavy atom. The van der Waals surface area contributed by atoms with Crippen molar-refractivity contribution in [2.24, 2.45) is 0 Å². The Labute approximate surface area is 142 Å². The van der Waals surface area contributed by atoms with Gasteiger partial charge >= 0.3 is 0 Å². The number of thiophene rings is 1. The second-order valence-corrected chi connectivity index (χ2v) is 6.98. The Bertz CT molecular complexity index is 1020. The Kier molecular flexibility index (Phi) is 3.65. The second-order valence-electron chi connectivity index (χ2n) is 5.69. The van der Waals surface area contributed by atoms with E-state index >= 15 is 0 Å². The first-order valence-corrected chi connectivity index (χ1v) is 8.39. The first-order chi connectivity index (χ1) is 11.6. The molecule has 4 rings (SSSR count). The number of fused-ring (bicyclic) bond motifs is 1. The van der Waals surface area contributed by atoms with Gasteiger partial charge in [0.05, 0.1) is 15.9 Å². The van der Waals surface area contributed by atoms with Gasteiger partial charge in [0.1, 0.15) is 11.6 Å². The fourth-order valence-corrected chi connectivity index (χ4v) is 3.64. The summed E-state index contributed by atoms with van der Waals surface area (Å²) >= 11 is 1.65. The van der Waals surface area contributed by atoms with Gasteiger partial charge in [-0.3, -0.25) is 0 Å². The average Bonchev–Trinajstić information content (AvgIpc) is 3.14. The summed E-state index contributed by atoms with van der Waals surface area (Å²) in [5, 5.41) is 0. The molecule has 0 aliphatic rings. The van der Waals surface area contributed by atoms with Gasteiger partial charge < -0.3 is 4.57 Å². The predicted octanol–water partition coefficient (Wildman–Crippen LogP) is 5.40. The SMILES string of the molecule is Cc1ccc(-c2nc3ccc(F)cc3n2Cc2ccc(F)cc2)s1. The number of hydrogen-bond acceptors (Lipinski definition) is 2. The van der Waals surface area contributed by atoms with Crippen LogP contribution in [-0.2, 0) is 6.54 Å². The zero-order chi connectivity index (χ0) is 16.7. The Hall–Kier alpha value is -2.53. The molecule has 0 amide bonds. The quantitative estimate of drug-likeness (QED) is 0.488. The molecule has 0 radical (unpaired) electrons. The molecule has 0 saturated heterocycles. The van der Waals surface area contributed by atoms with Gasteiger partial charge in [-0.1, -0.05) is 12.1 Å². The van der Waals surface area contributed by atoms with Crippen molar-refractivity contribution >= 4 is 22.4 Å². The highest BCUT2D eigenvalue weighted by Gasteiger charge is 2.15. The summed E-state index contributed by atoms with van der Waals surface area (Å²) in [4.78, 5) is 6.91. The van der Waals surface area contributed by atoms with Crippen molar-refractivity contribution in [3.05, 3.63) is 76.7 Å². The van der Waals surface area contributed by atoms with Crippen molar-refractivity contribution in [2.45, 2.75) is 13.5 Å². The number of halogens is 2. The highest BCUT2D eigenvalue weighted by atomic mass is 32.1. The van der Waals surface area contributed by atoms with Gasteiger partial charge in [-0.2, -0.15) is 0 Å². The first-order valence-electron chi connectivity index (χ1n) is 7.57. The summed E-state index contributed by atoms with van der Waals surface area (Å²) in [5.41, 5.74) is 2.43. The Morgan fingerprint density at radius 3 is 2.42 bits per heavy atom. The maximum atomic E-state index is 13.7. The molecule has 0 aliphatic heterocycles. The van der Waals surface area contributed by atoms with Gasteiger partial charge in [-0.25, -0.2) is 13.8 Å². The number of rotatable bonds is 3. The predicted molar refractivity (Wildman–Crippen MR) is 93.2 cm³/mol. The van der Waals surface area contributed by atoms with Gasteiger partial charge in [-0.15, -0.1) is 11.3 Å². The number of imidazole rings is 1. The van der Waals surface area contributed by atoms with Crippen molar-refractivity contribution in [1.82, 2.24) is 9.55 Å². The average molecular weight is 340 g/mol. The van der Waals surface area contributed by atoms with Gasteiger partial charge in [0.25, 0.3) is 0 Å². The summed E-state index contributed by atoms with van der Waals surface area (Å²) in [7, 11) is 0. The van der Waals surface area contributed by atoms with E-state index < -0.39 is 0 Å². The van der Waals surface area contributed by atoms with Gasteiger partial charge in [0, 0.05) is 11.4 Å². The lowest BCUT2D eigenvalue weighted by Gasteiger charge is -2.09. The molecule has 2 aromatic carbocycles. The second kappa shape index (κ2) is 5.83. The maximum Gasteiger partial charge on any atom is 0.151 e. The van der Waals surface area contributed by atoms with Crippen LogP contribution in [0.3, 0.4) is 0 Å². The minimum absolute atomic E-state index is 0.269. The smallest absolute Gasteiger partial charge is 0.151 e. The number of hydrogen-bond donors (Lipinski definition) is 0. The third kappa shape index (κ3) is 2.71. The molecule has 2 aromatic heterocycles. The molecule has 0 N–H and O–H groups in total. The van der Waals surface area contributed by atoms with Crippen molar-refractivity contribution in [3.63, 3.8) is 0 Å². The van der Waals surface area contributed by atoms with Crippen LogP contribution in [0.2, 0.25) is 0 Å². The third-order valence-electron chi connectivity index (χ3n) is 3.92. The van der Waals surface area contributed by atoms with Gasteiger partial charge in [0.15, 0.2) is 5.82 Å². The standard InChI is InChI=1S/C19H14F2N2S/c1-12-2-9-18(24-12)19-22-16-8-7-15(21)10-17(16)23(19)11-13-3-5-14(20)6-4-13/h2-10H,11H2,1H3. The molecule has 2 heterocycles. The fourth-order valence-electron chi connectivity index (χ4n) is 2.77. The molecular formula is C19H14F2N2S. The molecule has 0 unspecified atom stereocenters. The van der Waals surface area contributed by atoms with E-state index in [1.807, 2.05) is 23.6 Å². The van der Waals surface area contributed by atoms with Crippen LogP contribution in [0.4, 0.5) is 8.78 Å². The van der Waals surface area contributed by atoms with Crippen LogP contribution in [0, 0.1) is 18.6 Å². The normalized spacial score (nSPS) is 11.3. The molecule has 0 atom stereocenters. The zero-order valence-electron chi connectivity index (χ0n) is 13.0. The molecule has 2 nitrogen and oxygen atoms in total. The van der Waals surface area contributed by atoms with Gasteiger partial charge in [0.2, 0.25) is 0 Å². The molecule has 5 heteroatoms. The van der Waals surface area contributed by atoms with Crippen LogP contribution in [0.1, 0.15) is 10.4 Å². The van der Waals surface area contributed by atoms with Crippen LogP contribution >= 0.6 is 11.3 Å². The van der Waals surface area contributed by atoms with E-state index in [1.54, 1.807) is 29.5 Å². The highest BCUT2D eigenvalue weighted by molar-refractivity contribution is 7.15. The van der Waals surface area contributed by atoms with E-state index in [0.29, 0.717) is 6.54 Å². The maximum absolute atomic E-state index is 13.7. The van der Waals surface area contributed by atoms with Crippen molar-refractivity contribution in [1.29, 1.82) is 0 Å². The first kappa shape index (κ1) is 15.0. The minimum Gasteiger partial charge on any atom is -0.319 e. The van der Waals surface area contributed by atoms with Crippen molar-refractivity contribution in [2.75, 3.05) is 0 Å². The number of benzene rings is 2. The van der Waals surface area contributed by atoms with Crippen LogP contribution in [-0.4, -0.2) is 9.55 Å². The van der Waals surface area contributed by atoms with Crippen LogP contribution in [0.25, 0.3) is 21.7 Å². The topological polar surface area (TPSA) is 17.8 Å². The molecule has 4 aromatic rings. The monoisotopic (exact) mass is 340 g/mol. The third-order valence-corrected chi connectivity index (χ3v) is 4.92. The summed E-state index contributed by atoms with van der Waals surface area (Å²) in [5.74, 6) is 0.240. The molecule has 0 spiro atoms. The van der Waals surface area contributed by atoms with E-state index in [4.69, 9.17) is 0 Å². The van der Waals surface area contributed by atoms with Gasteiger partial charge in [-0.05, 0) is 55.0 Å². The lowest BCUT2D eigenvalue weighted by atomic mass is 10.2. The molecular weight excluding hydrogens is 326 g/mol. The van der Waals surface area contributed by atoms with E-state index in [-0.39, 0.29) is 11.6 Å². The van der Waals surface area contributed by atoms with E-state index in [2.05, 4.69) is 4.98 Å². The van der Waals surface area contributed by atoms with E-state index in [9.17, 15) is 8.78 Å². The van der Waals surface area contributed by atoms with E-state index in [0.717, 1.165) is 27.3 Å². The zero-order valence-corrected chi connectivity index (χ0v) is 13.8. The number of aryl methyl sites for hydroxylation is 1. The summed E-state index contributed by atoms with van der Waals surface area (Å²) < 4.78 is 28.9. The van der Waals surface area contributed by atoms with E-state index in [1.165, 1.54) is 29.1 Å². The minimum atomic E-state index is -0.295. The van der Waals surface area contributed by atoms with Crippen LogP contribution in [0.15, 0.2) is 54.6 Å². The Balaban J connectivity index is 1.89. The largest absolute Gasteiger partial charge is 0.319 e. The molecule has 120 valence electrons. The summed E-state index contributed by atoms with van der Waals surface area (Å²) in [6.45, 7) is 2.55. The number of aromatic nitrogens is 2. The molecule has 0 aliphatic carbocycles. The lowest BCUT2D eigenvalue weighted by Crippen LogP contribution is -2.02. The number of nitrogens with zero attached hydrogens (tertiary/aromatic N) is 2. The fraction of sp³-hybridized carbons (Fsp3) is 0.105.